The predicted octanol–water partition coefficient (Wildman–Crippen LogP) is 7.13. The zero-order chi connectivity index (χ0) is 27.0. The number of nitrogens with zero attached hydrogens (tertiary/aromatic N) is 1. The van der Waals surface area contributed by atoms with Crippen LogP contribution in [0, 0.1) is 0 Å². The summed E-state index contributed by atoms with van der Waals surface area (Å²) in [6, 6.07) is 9.93. The van der Waals surface area contributed by atoms with Crippen LogP contribution in [0.5, 0.6) is 0 Å². The zero-order valence-electron chi connectivity index (χ0n) is 22.9. The maximum Gasteiger partial charge on any atom is 0.312 e. The molecule has 37 heavy (non-hydrogen) atoms. The average Bonchev–Trinajstić information content (AvgIpc) is 2.90. The van der Waals surface area contributed by atoms with Crippen LogP contribution in [-0.4, -0.2) is 57.3 Å². The lowest BCUT2D eigenvalue weighted by molar-refractivity contribution is -0.0257. The minimum absolute atomic E-state index is 0.235. The van der Waals surface area contributed by atoms with E-state index in [1.807, 2.05) is 25.1 Å². The topological polar surface area (TPSA) is 52.1 Å². The fourth-order valence-corrected chi connectivity index (χ4v) is 3.51. The third kappa shape index (κ3) is 17.9. The first-order valence-corrected chi connectivity index (χ1v) is 13.7. The maximum atomic E-state index is 14.7. The number of hydrogen-bond donors (Lipinski definition) is 1. The fourth-order valence-electron chi connectivity index (χ4n) is 3.51. The molecular weight excluding hydrogens is 474 g/mol. The van der Waals surface area contributed by atoms with Gasteiger partial charge in [-0.25, -0.2) is 0 Å². The molecule has 0 spiro atoms. The minimum Gasteiger partial charge on any atom is -0.389 e. The van der Waals surface area contributed by atoms with E-state index in [1.165, 1.54) is 17.8 Å². The molecule has 0 saturated heterocycles. The van der Waals surface area contributed by atoms with Gasteiger partial charge in [0.05, 0.1) is 12.6 Å². The first kappa shape index (κ1) is 32.9. The zero-order valence-corrected chi connectivity index (χ0v) is 22.9. The largest absolute Gasteiger partial charge is 0.389 e. The van der Waals surface area contributed by atoms with E-state index in [-0.39, 0.29) is 11.8 Å². The molecule has 0 bridgehead atoms. The fraction of sp³-hybridized carbons (Fsp3) is 0.633. The van der Waals surface area contributed by atoms with Gasteiger partial charge in [-0.1, -0.05) is 62.8 Å². The number of ether oxygens (including phenoxy) is 3. The maximum absolute atomic E-state index is 14.7. The molecule has 0 saturated carbocycles. The SMILES string of the molecule is C=CNCC(C)N=C(/C=C\CC)C(F)(F)COCCCCCOCCCCCCOCc1ccccc1. The van der Waals surface area contributed by atoms with E-state index in [2.05, 4.69) is 29.0 Å². The molecule has 5 nitrogen and oxygen atoms in total. The summed E-state index contributed by atoms with van der Waals surface area (Å²) in [5, 5.41) is 2.91. The third-order valence-corrected chi connectivity index (χ3v) is 5.60. The number of aliphatic imine (C=N–C) groups is 1. The predicted molar refractivity (Wildman–Crippen MR) is 150 cm³/mol. The number of unbranched alkanes of at least 4 members (excludes halogenated alkanes) is 5. The molecule has 7 heteroatoms. The number of halogens is 2. The molecule has 1 aromatic rings. The van der Waals surface area contributed by atoms with E-state index in [1.54, 1.807) is 13.0 Å². The van der Waals surface area contributed by atoms with Crippen molar-refractivity contribution in [2.75, 3.05) is 39.6 Å². The molecule has 0 aliphatic rings. The van der Waals surface area contributed by atoms with Crippen molar-refractivity contribution in [2.45, 2.75) is 83.8 Å². The lowest BCUT2D eigenvalue weighted by Gasteiger charge is -2.19. The van der Waals surface area contributed by atoms with Crippen LogP contribution in [0.25, 0.3) is 0 Å². The Morgan fingerprint density at radius 2 is 1.54 bits per heavy atom. The summed E-state index contributed by atoms with van der Waals surface area (Å²) in [7, 11) is 0. The van der Waals surface area contributed by atoms with E-state index >= 15 is 0 Å². The number of nitrogens with one attached hydrogen (secondary N) is 1. The molecule has 0 amide bonds. The molecule has 1 unspecified atom stereocenters. The van der Waals surface area contributed by atoms with E-state index in [4.69, 9.17) is 14.2 Å². The summed E-state index contributed by atoms with van der Waals surface area (Å²) in [6.45, 7) is 10.3. The normalized spacial score (nSPS) is 13.2. The summed E-state index contributed by atoms with van der Waals surface area (Å²) in [4.78, 5) is 4.19. The Hall–Kier alpha value is -2.09. The smallest absolute Gasteiger partial charge is 0.312 e. The van der Waals surface area contributed by atoms with Crippen LogP contribution in [0.15, 0.2) is 60.3 Å². The minimum atomic E-state index is -3.12. The van der Waals surface area contributed by atoms with Crippen molar-refractivity contribution in [3.8, 4) is 0 Å². The van der Waals surface area contributed by atoms with Crippen LogP contribution in [0.1, 0.15) is 70.8 Å². The highest BCUT2D eigenvalue weighted by atomic mass is 19.3. The Balaban J connectivity index is 2.01. The first-order valence-electron chi connectivity index (χ1n) is 13.7. The molecule has 1 N–H and O–H groups in total. The number of hydrogen-bond acceptors (Lipinski definition) is 5. The van der Waals surface area contributed by atoms with Crippen molar-refractivity contribution in [1.29, 1.82) is 0 Å². The summed E-state index contributed by atoms with van der Waals surface area (Å²) in [5.41, 5.74) is 0.975. The monoisotopic (exact) mass is 522 g/mol. The lowest BCUT2D eigenvalue weighted by atomic mass is 10.1. The highest BCUT2D eigenvalue weighted by Gasteiger charge is 2.35. The van der Waals surface area contributed by atoms with Gasteiger partial charge in [0.25, 0.3) is 0 Å². The Morgan fingerprint density at radius 1 is 0.946 bits per heavy atom. The van der Waals surface area contributed by atoms with Crippen LogP contribution < -0.4 is 5.32 Å². The Labute approximate surface area is 223 Å². The van der Waals surface area contributed by atoms with Crippen molar-refractivity contribution in [3.05, 3.63) is 60.8 Å². The number of allylic oxidation sites excluding steroid dienone is 2. The summed E-state index contributed by atoms with van der Waals surface area (Å²) in [6.07, 6.45) is 12.2. The lowest BCUT2D eigenvalue weighted by Crippen LogP contribution is -2.35. The Bertz CT molecular complexity index is 742. The van der Waals surface area contributed by atoms with Crippen molar-refractivity contribution in [1.82, 2.24) is 5.32 Å². The Morgan fingerprint density at radius 3 is 2.16 bits per heavy atom. The highest BCUT2D eigenvalue weighted by molar-refractivity contribution is 6.00. The first-order chi connectivity index (χ1) is 18.0. The van der Waals surface area contributed by atoms with Gasteiger partial charge in [0.1, 0.15) is 12.3 Å². The molecule has 1 atom stereocenters. The second kappa shape index (κ2) is 21.9. The second-order valence-corrected chi connectivity index (χ2v) is 9.17. The molecular formula is C30H48F2N2O3. The van der Waals surface area contributed by atoms with Gasteiger partial charge in [-0.2, -0.15) is 8.78 Å². The molecule has 1 rings (SSSR count). The van der Waals surface area contributed by atoms with Gasteiger partial charge in [0.2, 0.25) is 0 Å². The van der Waals surface area contributed by atoms with Crippen LogP contribution in [0.2, 0.25) is 0 Å². The van der Waals surface area contributed by atoms with Gasteiger partial charge >= 0.3 is 5.92 Å². The summed E-state index contributed by atoms with van der Waals surface area (Å²) < 4.78 is 46.0. The van der Waals surface area contributed by atoms with E-state index < -0.39 is 12.5 Å². The number of rotatable bonds is 24. The van der Waals surface area contributed by atoms with Crippen LogP contribution in [0.4, 0.5) is 8.78 Å². The van der Waals surface area contributed by atoms with E-state index in [0.29, 0.717) is 32.8 Å². The average molecular weight is 523 g/mol. The highest BCUT2D eigenvalue weighted by Crippen LogP contribution is 2.19. The van der Waals surface area contributed by atoms with Crippen LogP contribution in [-0.2, 0) is 20.8 Å². The standard InChI is InChI=1S/C30H48F2N2O3/c1-4-6-19-29(34-27(3)24-33-5-2)30(31,32)26-37-23-16-10-15-21-35-20-13-7-8-14-22-36-25-28-17-11-9-12-18-28/h5-6,9,11-12,17-19,27,33H,2,4,7-8,10,13-16,20-26H2,1,3H3/b19-6-,34-29?. The van der Waals surface area contributed by atoms with Crippen molar-refractivity contribution < 1.29 is 23.0 Å². The van der Waals surface area contributed by atoms with Crippen LogP contribution in [0.3, 0.4) is 0 Å². The van der Waals surface area contributed by atoms with Crippen molar-refractivity contribution in [3.63, 3.8) is 0 Å². The molecule has 210 valence electrons. The van der Waals surface area contributed by atoms with Gasteiger partial charge in [-0.05, 0) is 63.3 Å². The van der Waals surface area contributed by atoms with Gasteiger partial charge < -0.3 is 19.5 Å². The van der Waals surface area contributed by atoms with Gasteiger partial charge in [-0.15, -0.1) is 0 Å². The number of alkyl halides is 2. The molecule has 0 aliphatic heterocycles. The molecule has 0 radical (unpaired) electrons. The summed E-state index contributed by atoms with van der Waals surface area (Å²) in [5.74, 6) is -3.12. The second-order valence-electron chi connectivity index (χ2n) is 9.17. The third-order valence-electron chi connectivity index (χ3n) is 5.60. The Kier molecular flexibility index (Phi) is 19.5. The van der Waals surface area contributed by atoms with Gasteiger partial charge in [-0.3, -0.25) is 4.99 Å². The van der Waals surface area contributed by atoms with Crippen molar-refractivity contribution in [2.24, 2.45) is 4.99 Å². The molecule has 1 aromatic carbocycles. The molecule has 0 aliphatic carbocycles. The van der Waals surface area contributed by atoms with Crippen molar-refractivity contribution >= 4 is 5.71 Å². The van der Waals surface area contributed by atoms with Gasteiger partial charge in [0, 0.05) is 33.0 Å². The molecule has 0 fully saturated rings. The summed E-state index contributed by atoms with van der Waals surface area (Å²) >= 11 is 0. The van der Waals surface area contributed by atoms with Gasteiger partial charge in [0.15, 0.2) is 0 Å². The van der Waals surface area contributed by atoms with Crippen LogP contribution >= 0.6 is 0 Å². The number of benzene rings is 1. The van der Waals surface area contributed by atoms with E-state index in [0.717, 1.165) is 58.2 Å². The molecule has 0 heterocycles. The molecule has 0 aromatic heterocycles. The van der Waals surface area contributed by atoms with E-state index in [9.17, 15) is 8.78 Å². The quantitative estimate of drug-likeness (QED) is 0.116.